The molecule has 6 nitrogen and oxygen atoms in total. The molecule has 4 aromatic rings. The van der Waals surface area contributed by atoms with Crippen LogP contribution < -0.4 is 10.0 Å². The van der Waals surface area contributed by atoms with E-state index >= 15 is 0 Å². The average Bonchev–Trinajstić information content (AvgIpc) is 3.31. The van der Waals surface area contributed by atoms with E-state index in [-0.39, 0.29) is 12.3 Å². The molecule has 2 N–H and O–H groups in total. The molecule has 0 unspecified atom stereocenters. The molecule has 0 amide bonds. The summed E-state index contributed by atoms with van der Waals surface area (Å²) in [6, 6.07) is 16.1. The van der Waals surface area contributed by atoms with Gasteiger partial charge >= 0.3 is 6.18 Å². The van der Waals surface area contributed by atoms with Gasteiger partial charge in [0, 0.05) is 17.8 Å². The molecule has 0 aliphatic carbocycles. The topological polar surface area (TPSA) is 88.2 Å². The molecule has 3 aromatic carbocycles. The number of carbonyl (C=O) groups is 1. The lowest BCUT2D eigenvalue weighted by atomic mass is 10.0. The molecule has 0 aliphatic rings. The van der Waals surface area contributed by atoms with Crippen molar-refractivity contribution in [1.29, 1.82) is 0 Å². The van der Waals surface area contributed by atoms with Gasteiger partial charge in [-0.2, -0.15) is 13.2 Å². The fraction of sp³-hybridized carbons (Fsp3) is 0.120. The third-order valence-corrected chi connectivity index (χ3v) is 8.14. The number of thiazole rings is 1. The van der Waals surface area contributed by atoms with E-state index in [4.69, 9.17) is 11.6 Å². The molecule has 1 heterocycles. The zero-order chi connectivity index (χ0) is 26.8. The number of ketones is 1. The number of hydrogen-bond donors (Lipinski definition) is 2. The molecule has 37 heavy (non-hydrogen) atoms. The minimum absolute atomic E-state index is 0.105. The fourth-order valence-corrected chi connectivity index (χ4v) is 5.73. The van der Waals surface area contributed by atoms with E-state index < -0.39 is 31.7 Å². The number of hydrogen-bond acceptors (Lipinski definition) is 6. The number of nitrogens with one attached hydrogen (secondary N) is 2. The minimum Gasteiger partial charge on any atom is -0.332 e. The highest BCUT2D eigenvalue weighted by Gasteiger charge is 2.32. The van der Waals surface area contributed by atoms with Crippen molar-refractivity contribution in [3.05, 3.63) is 105 Å². The Labute approximate surface area is 220 Å². The average molecular weight is 566 g/mol. The van der Waals surface area contributed by atoms with Gasteiger partial charge in [-0.25, -0.2) is 18.1 Å². The van der Waals surface area contributed by atoms with Crippen LogP contribution in [-0.4, -0.2) is 19.2 Å². The van der Waals surface area contributed by atoms with E-state index in [0.29, 0.717) is 39.0 Å². The summed E-state index contributed by atoms with van der Waals surface area (Å²) in [5, 5.41) is 3.10. The van der Waals surface area contributed by atoms with Gasteiger partial charge in [-0.1, -0.05) is 59.3 Å². The molecule has 4 rings (SSSR count). The Hall–Kier alpha value is -3.25. The first kappa shape index (κ1) is 26.8. The van der Waals surface area contributed by atoms with Crippen molar-refractivity contribution in [1.82, 2.24) is 9.71 Å². The number of carbonyl (C=O) groups excluding carboxylic acids is 1. The van der Waals surface area contributed by atoms with Crippen LogP contribution in [0.1, 0.15) is 31.9 Å². The van der Waals surface area contributed by atoms with E-state index in [1.54, 1.807) is 36.4 Å². The third-order valence-electron chi connectivity index (χ3n) is 5.34. The standard InChI is InChI=1S/C25H19ClF3N3O3S2/c1-15-4-2-3-5-19(15)23(33)21-14-30-24(36-21)32-18-9-6-16(7-10-18)13-31-37(34,35)22-11-8-17(12-20(22)26)25(27,28)29/h2-12,14,31H,13H2,1H3,(H,30,32). The van der Waals surface area contributed by atoms with Crippen molar-refractivity contribution in [3.8, 4) is 0 Å². The van der Waals surface area contributed by atoms with Crippen molar-refractivity contribution in [2.24, 2.45) is 0 Å². The Morgan fingerprint density at radius 2 is 1.76 bits per heavy atom. The number of benzene rings is 3. The second-order valence-electron chi connectivity index (χ2n) is 7.96. The maximum absolute atomic E-state index is 12.8. The van der Waals surface area contributed by atoms with Gasteiger partial charge in [0.25, 0.3) is 0 Å². The summed E-state index contributed by atoms with van der Waals surface area (Å²) in [7, 11) is -4.15. The van der Waals surface area contributed by atoms with Crippen LogP contribution in [0.2, 0.25) is 5.02 Å². The molecule has 0 spiro atoms. The highest BCUT2D eigenvalue weighted by atomic mass is 35.5. The summed E-state index contributed by atoms with van der Waals surface area (Å²) in [6.07, 6.45) is -3.12. The highest BCUT2D eigenvalue weighted by molar-refractivity contribution is 7.89. The quantitative estimate of drug-likeness (QED) is 0.236. The second-order valence-corrected chi connectivity index (χ2v) is 11.1. The highest BCUT2D eigenvalue weighted by Crippen LogP contribution is 2.33. The summed E-state index contributed by atoms with van der Waals surface area (Å²) in [5.41, 5.74) is 1.73. The van der Waals surface area contributed by atoms with Gasteiger partial charge in [-0.15, -0.1) is 0 Å². The van der Waals surface area contributed by atoms with Crippen LogP contribution >= 0.6 is 22.9 Å². The lowest BCUT2D eigenvalue weighted by Crippen LogP contribution is -2.23. The minimum atomic E-state index is -4.63. The van der Waals surface area contributed by atoms with Crippen molar-refractivity contribution in [3.63, 3.8) is 0 Å². The van der Waals surface area contributed by atoms with E-state index in [1.807, 2.05) is 19.1 Å². The van der Waals surface area contributed by atoms with Gasteiger partial charge in [-0.05, 0) is 48.4 Å². The van der Waals surface area contributed by atoms with Gasteiger partial charge in [-0.3, -0.25) is 4.79 Å². The van der Waals surface area contributed by atoms with E-state index in [0.717, 1.165) is 11.6 Å². The van der Waals surface area contributed by atoms with Crippen LogP contribution in [0.25, 0.3) is 0 Å². The Kier molecular flexibility index (Phi) is 7.69. The number of anilines is 2. The summed E-state index contributed by atoms with van der Waals surface area (Å²) in [6.45, 7) is 1.76. The Morgan fingerprint density at radius 1 is 1.05 bits per heavy atom. The molecule has 0 aliphatic heterocycles. The van der Waals surface area contributed by atoms with Crippen LogP contribution in [0.4, 0.5) is 24.0 Å². The summed E-state index contributed by atoms with van der Waals surface area (Å²) >= 11 is 7.02. The van der Waals surface area contributed by atoms with Gasteiger partial charge in [0.2, 0.25) is 15.8 Å². The molecule has 12 heteroatoms. The predicted molar refractivity (Wildman–Crippen MR) is 137 cm³/mol. The summed E-state index contributed by atoms with van der Waals surface area (Å²) in [5.74, 6) is -0.112. The van der Waals surface area contributed by atoms with Crippen LogP contribution in [0.3, 0.4) is 0 Å². The Bertz CT molecular complexity index is 1550. The molecule has 0 fully saturated rings. The summed E-state index contributed by atoms with van der Waals surface area (Å²) < 4.78 is 65.9. The number of sulfonamides is 1. The van der Waals surface area contributed by atoms with Crippen molar-refractivity contribution in [2.45, 2.75) is 24.5 Å². The molecule has 0 saturated carbocycles. The summed E-state index contributed by atoms with van der Waals surface area (Å²) in [4.78, 5) is 17.0. The van der Waals surface area contributed by atoms with Crippen molar-refractivity contribution in [2.75, 3.05) is 5.32 Å². The second kappa shape index (κ2) is 10.6. The number of aryl methyl sites for hydroxylation is 1. The molecule has 1 aromatic heterocycles. The molecule has 0 radical (unpaired) electrons. The molecular formula is C25H19ClF3N3O3S2. The molecule has 192 valence electrons. The molecule has 0 atom stereocenters. The first-order valence-corrected chi connectivity index (χ1v) is 13.4. The number of nitrogens with zero attached hydrogens (tertiary/aromatic N) is 1. The number of halogens is 4. The maximum atomic E-state index is 12.8. The predicted octanol–water partition coefficient (Wildman–Crippen LogP) is 6.58. The SMILES string of the molecule is Cc1ccccc1C(=O)c1cnc(Nc2ccc(CNS(=O)(=O)c3ccc(C(F)(F)F)cc3Cl)cc2)s1. The Balaban J connectivity index is 1.39. The van der Waals surface area contributed by atoms with E-state index in [1.165, 1.54) is 17.5 Å². The molecule has 0 bridgehead atoms. The monoisotopic (exact) mass is 565 g/mol. The maximum Gasteiger partial charge on any atom is 0.416 e. The van der Waals surface area contributed by atoms with Crippen molar-refractivity contribution >= 4 is 49.6 Å². The lowest BCUT2D eigenvalue weighted by molar-refractivity contribution is -0.137. The lowest BCUT2D eigenvalue weighted by Gasteiger charge is -2.12. The normalized spacial score (nSPS) is 11.9. The van der Waals surface area contributed by atoms with E-state index in [9.17, 15) is 26.4 Å². The number of aromatic nitrogens is 1. The van der Waals surface area contributed by atoms with Crippen LogP contribution in [0.15, 0.2) is 77.8 Å². The zero-order valence-corrected chi connectivity index (χ0v) is 21.5. The molecular weight excluding hydrogens is 547 g/mol. The number of alkyl halides is 3. The largest absolute Gasteiger partial charge is 0.416 e. The molecule has 0 saturated heterocycles. The fourth-order valence-electron chi connectivity index (χ4n) is 3.38. The Morgan fingerprint density at radius 3 is 2.41 bits per heavy atom. The van der Waals surface area contributed by atoms with Crippen LogP contribution in [0, 0.1) is 6.92 Å². The van der Waals surface area contributed by atoms with Gasteiger partial charge in [0.05, 0.1) is 21.7 Å². The smallest absolute Gasteiger partial charge is 0.332 e. The van der Waals surface area contributed by atoms with Crippen LogP contribution in [0.5, 0.6) is 0 Å². The first-order valence-electron chi connectivity index (χ1n) is 10.7. The van der Waals surface area contributed by atoms with Crippen molar-refractivity contribution < 1.29 is 26.4 Å². The zero-order valence-electron chi connectivity index (χ0n) is 19.1. The van der Waals surface area contributed by atoms with Crippen LogP contribution in [-0.2, 0) is 22.7 Å². The number of rotatable bonds is 8. The van der Waals surface area contributed by atoms with Gasteiger partial charge in [0.15, 0.2) is 5.13 Å². The third kappa shape index (κ3) is 6.37. The first-order chi connectivity index (χ1) is 17.4. The van der Waals surface area contributed by atoms with Gasteiger partial charge in [0.1, 0.15) is 4.90 Å². The van der Waals surface area contributed by atoms with E-state index in [2.05, 4.69) is 15.0 Å². The van der Waals surface area contributed by atoms with Gasteiger partial charge < -0.3 is 5.32 Å².